The molecule has 148 valence electrons. The normalized spacial score (nSPS) is 14.6. The second-order valence-corrected chi connectivity index (χ2v) is 8.54. The summed E-state index contributed by atoms with van der Waals surface area (Å²) in [6.07, 6.45) is 0.773. The minimum Gasteiger partial charge on any atom is -0.342 e. The van der Waals surface area contributed by atoms with E-state index in [2.05, 4.69) is 4.72 Å². The van der Waals surface area contributed by atoms with Crippen molar-refractivity contribution in [3.05, 3.63) is 59.2 Å². The van der Waals surface area contributed by atoms with Crippen molar-refractivity contribution in [2.75, 3.05) is 30.9 Å². The topological polar surface area (TPSA) is 86.8 Å². The molecule has 1 fully saturated rings. The zero-order valence-corrected chi connectivity index (χ0v) is 16.7. The summed E-state index contributed by atoms with van der Waals surface area (Å²) in [6.45, 7) is 5.38. The Kier molecular flexibility index (Phi) is 5.69. The lowest BCUT2D eigenvalue weighted by molar-refractivity contribution is -0.119. The summed E-state index contributed by atoms with van der Waals surface area (Å²) < 4.78 is 28.3. The lowest BCUT2D eigenvalue weighted by atomic mass is 10.1. The van der Waals surface area contributed by atoms with E-state index in [-0.39, 0.29) is 10.8 Å². The maximum absolute atomic E-state index is 12.9. The Morgan fingerprint density at radius 2 is 1.75 bits per heavy atom. The van der Waals surface area contributed by atoms with Crippen molar-refractivity contribution >= 4 is 28.0 Å². The van der Waals surface area contributed by atoms with Crippen LogP contribution in [0.3, 0.4) is 0 Å². The minimum atomic E-state index is -3.84. The Morgan fingerprint density at radius 1 is 1.04 bits per heavy atom. The molecule has 2 amide bonds. The molecule has 0 atom stereocenters. The number of anilines is 1. The van der Waals surface area contributed by atoms with Crippen LogP contribution in [-0.2, 0) is 14.8 Å². The van der Waals surface area contributed by atoms with Crippen LogP contribution in [-0.4, -0.2) is 56.7 Å². The first-order valence-electron chi connectivity index (χ1n) is 8.99. The van der Waals surface area contributed by atoms with E-state index in [1.807, 2.05) is 13.0 Å². The van der Waals surface area contributed by atoms with E-state index in [1.165, 1.54) is 6.07 Å². The number of hydrogen-bond acceptors (Lipinski definition) is 4. The number of benzene rings is 2. The summed E-state index contributed by atoms with van der Waals surface area (Å²) in [4.78, 5) is 26.9. The van der Waals surface area contributed by atoms with Gasteiger partial charge in [-0.05, 0) is 49.2 Å². The molecule has 2 aromatic carbocycles. The van der Waals surface area contributed by atoms with Crippen LogP contribution in [0.25, 0.3) is 0 Å². The van der Waals surface area contributed by atoms with Crippen LogP contribution in [0.5, 0.6) is 0 Å². The number of rotatable bonds is 5. The van der Waals surface area contributed by atoms with Gasteiger partial charge in [0.05, 0.1) is 4.90 Å². The number of carbonyl (C=O) groups excluding carboxylic acids is 2. The second kappa shape index (κ2) is 8.02. The molecule has 1 aliphatic rings. The minimum absolute atomic E-state index is 0.0754. The Hall–Kier alpha value is -2.87. The number of sulfonamides is 1. The quantitative estimate of drug-likeness (QED) is 0.777. The van der Waals surface area contributed by atoms with Gasteiger partial charge in [0, 0.05) is 37.4 Å². The van der Waals surface area contributed by atoms with Gasteiger partial charge in [-0.25, -0.2) is 8.42 Å². The van der Waals surface area contributed by atoms with Crippen molar-refractivity contribution in [3.8, 4) is 0 Å². The average Bonchev–Trinajstić information content (AvgIpc) is 2.67. The van der Waals surface area contributed by atoms with E-state index in [9.17, 15) is 18.0 Å². The first-order valence-corrected chi connectivity index (χ1v) is 10.5. The number of piperazine rings is 1. The average molecular weight is 401 g/mol. The van der Waals surface area contributed by atoms with E-state index in [0.717, 1.165) is 12.0 Å². The van der Waals surface area contributed by atoms with E-state index in [1.54, 1.807) is 47.1 Å². The zero-order chi connectivity index (χ0) is 20.3. The molecule has 1 heterocycles. The fraction of sp³-hybridized carbons (Fsp3) is 0.300. The standard InChI is InChI=1S/C20H23N3O4S/c1-15-4-3-5-18(12-15)21-28(26,27)19-13-17(7-6-16(19)2)20(25)23-10-8-22(14-24)9-11-23/h3-7,12-14,21H,8-11H2,1-2H3. The highest BCUT2D eigenvalue weighted by Crippen LogP contribution is 2.22. The molecule has 2 aromatic rings. The molecular formula is C20H23N3O4S. The third-order valence-corrected chi connectivity index (χ3v) is 6.27. The molecular weight excluding hydrogens is 378 g/mol. The highest BCUT2D eigenvalue weighted by Gasteiger charge is 2.24. The summed E-state index contributed by atoms with van der Waals surface area (Å²) in [6, 6.07) is 11.8. The molecule has 3 rings (SSSR count). The van der Waals surface area contributed by atoms with Crippen LogP contribution < -0.4 is 4.72 Å². The molecule has 7 nitrogen and oxygen atoms in total. The fourth-order valence-electron chi connectivity index (χ4n) is 3.15. The number of nitrogens with one attached hydrogen (secondary N) is 1. The molecule has 0 radical (unpaired) electrons. The van der Waals surface area contributed by atoms with Gasteiger partial charge in [0.1, 0.15) is 0 Å². The monoisotopic (exact) mass is 401 g/mol. The van der Waals surface area contributed by atoms with Crippen molar-refractivity contribution in [1.82, 2.24) is 9.80 Å². The van der Waals surface area contributed by atoms with Gasteiger partial charge < -0.3 is 9.80 Å². The van der Waals surface area contributed by atoms with Gasteiger partial charge in [-0.3, -0.25) is 14.3 Å². The van der Waals surface area contributed by atoms with Crippen LogP contribution in [0.15, 0.2) is 47.4 Å². The van der Waals surface area contributed by atoms with E-state index < -0.39 is 10.0 Å². The third kappa shape index (κ3) is 4.33. The molecule has 0 unspecified atom stereocenters. The van der Waals surface area contributed by atoms with Crippen molar-refractivity contribution < 1.29 is 18.0 Å². The molecule has 1 N–H and O–H groups in total. The van der Waals surface area contributed by atoms with Crippen LogP contribution in [0.1, 0.15) is 21.5 Å². The van der Waals surface area contributed by atoms with Gasteiger partial charge in [-0.2, -0.15) is 0 Å². The Bertz CT molecular complexity index is 996. The number of carbonyl (C=O) groups is 2. The van der Waals surface area contributed by atoms with Crippen molar-refractivity contribution in [2.24, 2.45) is 0 Å². The van der Waals surface area contributed by atoms with Gasteiger partial charge in [-0.15, -0.1) is 0 Å². The predicted molar refractivity (Wildman–Crippen MR) is 107 cm³/mol. The molecule has 8 heteroatoms. The summed E-state index contributed by atoms with van der Waals surface area (Å²) in [7, 11) is -3.84. The first-order chi connectivity index (χ1) is 13.3. The molecule has 1 saturated heterocycles. The highest BCUT2D eigenvalue weighted by atomic mass is 32.2. The first kappa shape index (κ1) is 19.9. The maximum atomic E-state index is 12.9. The summed E-state index contributed by atoms with van der Waals surface area (Å²) >= 11 is 0. The van der Waals surface area contributed by atoms with Gasteiger partial charge in [-0.1, -0.05) is 18.2 Å². The zero-order valence-electron chi connectivity index (χ0n) is 15.9. The molecule has 1 aliphatic heterocycles. The second-order valence-electron chi connectivity index (χ2n) is 6.89. The van der Waals surface area contributed by atoms with Gasteiger partial charge in [0.25, 0.3) is 15.9 Å². The lowest BCUT2D eigenvalue weighted by Crippen LogP contribution is -2.48. The number of amides is 2. The van der Waals surface area contributed by atoms with Crippen LogP contribution in [0.2, 0.25) is 0 Å². The Labute approximate surface area is 165 Å². The molecule has 0 spiro atoms. The maximum Gasteiger partial charge on any atom is 0.262 e. The van der Waals surface area contributed by atoms with Crippen molar-refractivity contribution in [2.45, 2.75) is 18.7 Å². The van der Waals surface area contributed by atoms with E-state index >= 15 is 0 Å². The Morgan fingerprint density at radius 3 is 2.39 bits per heavy atom. The highest BCUT2D eigenvalue weighted by molar-refractivity contribution is 7.92. The van der Waals surface area contributed by atoms with Crippen LogP contribution in [0.4, 0.5) is 5.69 Å². The molecule has 0 bridgehead atoms. The smallest absolute Gasteiger partial charge is 0.262 e. The van der Waals surface area contributed by atoms with Gasteiger partial charge >= 0.3 is 0 Å². The SMILES string of the molecule is Cc1cccc(NS(=O)(=O)c2cc(C(=O)N3CCN(C=O)CC3)ccc2C)c1. The number of nitrogens with zero attached hydrogens (tertiary/aromatic N) is 2. The lowest BCUT2D eigenvalue weighted by Gasteiger charge is -2.32. The summed E-state index contributed by atoms with van der Waals surface area (Å²) in [5.74, 6) is -0.238. The van der Waals surface area contributed by atoms with Crippen molar-refractivity contribution in [1.29, 1.82) is 0 Å². The predicted octanol–water partition coefficient (Wildman–Crippen LogP) is 2.02. The number of aryl methyl sites for hydroxylation is 2. The van der Waals surface area contributed by atoms with Crippen molar-refractivity contribution in [3.63, 3.8) is 0 Å². The van der Waals surface area contributed by atoms with Gasteiger partial charge in [0.15, 0.2) is 0 Å². The van der Waals surface area contributed by atoms with E-state index in [0.29, 0.717) is 43.0 Å². The summed E-state index contributed by atoms with van der Waals surface area (Å²) in [5, 5.41) is 0. The van der Waals surface area contributed by atoms with Gasteiger partial charge in [0.2, 0.25) is 6.41 Å². The molecule has 0 aromatic heterocycles. The third-order valence-electron chi connectivity index (χ3n) is 4.75. The Balaban J connectivity index is 1.84. The van der Waals surface area contributed by atoms with E-state index in [4.69, 9.17) is 0 Å². The molecule has 0 saturated carbocycles. The summed E-state index contributed by atoms with van der Waals surface area (Å²) in [5.41, 5.74) is 2.29. The van der Waals surface area contributed by atoms with Crippen LogP contribution >= 0.6 is 0 Å². The molecule has 28 heavy (non-hydrogen) atoms. The van der Waals surface area contributed by atoms with Crippen LogP contribution in [0, 0.1) is 13.8 Å². The largest absolute Gasteiger partial charge is 0.342 e. The molecule has 0 aliphatic carbocycles. The fourth-order valence-corrected chi connectivity index (χ4v) is 4.48. The number of hydrogen-bond donors (Lipinski definition) is 1.